The first-order valence-electron chi connectivity index (χ1n) is 6.20. The maximum Gasteiger partial charge on any atom is 0.416 e. The van der Waals surface area contributed by atoms with Gasteiger partial charge in [0.2, 0.25) is 0 Å². The highest BCUT2D eigenvalue weighted by molar-refractivity contribution is 5.59. The summed E-state index contributed by atoms with van der Waals surface area (Å²) in [6, 6.07) is 8.50. The van der Waals surface area contributed by atoms with Crippen molar-refractivity contribution in [3.63, 3.8) is 0 Å². The Morgan fingerprint density at radius 3 is 2.67 bits per heavy atom. The van der Waals surface area contributed by atoms with E-state index in [2.05, 4.69) is 10.1 Å². The topological polar surface area (TPSA) is 56.2 Å². The second-order valence-corrected chi connectivity index (χ2v) is 4.56. The number of nitrogens with two attached hydrogens (primary N) is 1. The van der Waals surface area contributed by atoms with Crippen molar-refractivity contribution in [2.45, 2.75) is 12.7 Å². The maximum atomic E-state index is 12.7. The van der Waals surface area contributed by atoms with E-state index in [9.17, 15) is 13.2 Å². The highest BCUT2D eigenvalue weighted by atomic mass is 19.4. The van der Waals surface area contributed by atoms with E-state index in [0.717, 1.165) is 17.7 Å². The molecule has 0 unspecified atom stereocenters. The molecule has 0 fully saturated rings. The van der Waals surface area contributed by atoms with E-state index in [1.165, 1.54) is 10.6 Å². The number of aromatic nitrogens is 3. The third-order valence-electron chi connectivity index (χ3n) is 3.09. The van der Waals surface area contributed by atoms with Crippen molar-refractivity contribution in [2.24, 2.45) is 5.73 Å². The Bertz CT molecular complexity index is 792. The highest BCUT2D eigenvalue weighted by Gasteiger charge is 2.30. The summed E-state index contributed by atoms with van der Waals surface area (Å²) in [6.07, 6.45) is -2.70. The monoisotopic (exact) mass is 292 g/mol. The quantitative estimate of drug-likeness (QED) is 0.790. The lowest BCUT2D eigenvalue weighted by molar-refractivity contribution is -0.137. The van der Waals surface area contributed by atoms with Crippen LogP contribution in [0.1, 0.15) is 11.1 Å². The van der Waals surface area contributed by atoms with E-state index in [4.69, 9.17) is 5.73 Å². The molecule has 3 aromatic rings. The minimum Gasteiger partial charge on any atom is -0.326 e. The Balaban J connectivity index is 2.08. The Morgan fingerprint density at radius 1 is 1.14 bits per heavy atom. The highest BCUT2D eigenvalue weighted by Crippen LogP contribution is 2.31. The first-order valence-corrected chi connectivity index (χ1v) is 6.20. The van der Waals surface area contributed by atoms with Gasteiger partial charge in [-0.15, -0.1) is 5.10 Å². The number of halogens is 3. The Labute approximate surface area is 118 Å². The van der Waals surface area contributed by atoms with Gasteiger partial charge >= 0.3 is 6.18 Å². The van der Waals surface area contributed by atoms with Crippen LogP contribution in [0.2, 0.25) is 0 Å². The summed E-state index contributed by atoms with van der Waals surface area (Å²) < 4.78 is 39.7. The van der Waals surface area contributed by atoms with Crippen LogP contribution in [-0.4, -0.2) is 14.6 Å². The van der Waals surface area contributed by atoms with Gasteiger partial charge < -0.3 is 5.73 Å². The summed E-state index contributed by atoms with van der Waals surface area (Å²) in [6.45, 7) is 0.363. The van der Waals surface area contributed by atoms with Gasteiger partial charge in [0.05, 0.1) is 5.56 Å². The molecule has 0 bridgehead atoms. The van der Waals surface area contributed by atoms with Crippen LogP contribution < -0.4 is 5.73 Å². The van der Waals surface area contributed by atoms with Crippen molar-refractivity contribution in [3.8, 4) is 11.4 Å². The van der Waals surface area contributed by atoms with Crippen LogP contribution in [0.5, 0.6) is 0 Å². The van der Waals surface area contributed by atoms with E-state index >= 15 is 0 Å². The third-order valence-corrected chi connectivity index (χ3v) is 3.09. The summed E-state index contributed by atoms with van der Waals surface area (Å²) >= 11 is 0. The smallest absolute Gasteiger partial charge is 0.326 e. The second-order valence-electron chi connectivity index (χ2n) is 4.56. The molecule has 0 atom stereocenters. The number of pyridine rings is 1. The predicted molar refractivity (Wildman–Crippen MR) is 71.3 cm³/mol. The third kappa shape index (κ3) is 2.59. The standard InChI is InChI=1S/C14H11F3N4/c15-14(16,17)11-3-1-2-10(7-11)13-19-12-6-9(8-18)4-5-21(12)20-13/h1-7H,8,18H2. The van der Waals surface area contributed by atoms with Gasteiger partial charge in [-0.3, -0.25) is 0 Å². The minimum absolute atomic E-state index is 0.246. The first kappa shape index (κ1) is 13.6. The molecule has 2 heterocycles. The molecule has 0 saturated heterocycles. The van der Waals surface area contributed by atoms with Gasteiger partial charge in [-0.25, -0.2) is 9.50 Å². The summed E-state index contributed by atoms with van der Waals surface area (Å²) in [5.74, 6) is 0.246. The number of nitrogens with zero attached hydrogens (tertiary/aromatic N) is 3. The lowest BCUT2D eigenvalue weighted by Crippen LogP contribution is -2.04. The number of hydrogen-bond donors (Lipinski definition) is 1. The SMILES string of the molecule is NCc1ccn2nc(-c3cccc(C(F)(F)F)c3)nc2c1. The van der Waals surface area contributed by atoms with Gasteiger partial charge in [0.1, 0.15) is 0 Å². The fraction of sp³-hybridized carbons (Fsp3) is 0.143. The van der Waals surface area contributed by atoms with Gasteiger partial charge in [0, 0.05) is 18.3 Å². The fourth-order valence-electron chi connectivity index (χ4n) is 2.01. The molecule has 1 aromatic carbocycles. The minimum atomic E-state index is -4.39. The van der Waals surface area contributed by atoms with Crippen molar-refractivity contribution in [3.05, 3.63) is 53.7 Å². The average Bonchev–Trinajstić information content (AvgIpc) is 2.89. The van der Waals surface area contributed by atoms with Crippen molar-refractivity contribution < 1.29 is 13.2 Å². The molecule has 0 spiro atoms. The van der Waals surface area contributed by atoms with E-state index < -0.39 is 11.7 Å². The van der Waals surface area contributed by atoms with E-state index in [1.54, 1.807) is 24.4 Å². The number of benzene rings is 1. The lowest BCUT2D eigenvalue weighted by atomic mass is 10.1. The predicted octanol–water partition coefficient (Wildman–Crippen LogP) is 2.87. The number of fused-ring (bicyclic) bond motifs is 1. The molecule has 21 heavy (non-hydrogen) atoms. The van der Waals surface area contributed by atoms with Crippen LogP contribution in [0.15, 0.2) is 42.6 Å². The molecule has 0 radical (unpaired) electrons. The number of hydrogen-bond acceptors (Lipinski definition) is 3. The summed E-state index contributed by atoms with van der Waals surface area (Å²) in [7, 11) is 0. The van der Waals surface area contributed by atoms with Gasteiger partial charge in [-0.2, -0.15) is 13.2 Å². The average molecular weight is 292 g/mol. The lowest BCUT2D eigenvalue weighted by Gasteiger charge is -2.06. The van der Waals surface area contributed by atoms with Gasteiger partial charge in [-0.05, 0) is 29.8 Å². The Hall–Kier alpha value is -2.41. The molecule has 4 nitrogen and oxygen atoms in total. The normalized spacial score (nSPS) is 12.0. The summed E-state index contributed by atoms with van der Waals surface area (Å²) in [5.41, 5.74) is 6.57. The largest absolute Gasteiger partial charge is 0.416 e. The van der Waals surface area contributed by atoms with Gasteiger partial charge in [0.15, 0.2) is 11.5 Å². The molecule has 3 rings (SSSR count). The van der Waals surface area contributed by atoms with Gasteiger partial charge in [-0.1, -0.05) is 12.1 Å². The molecule has 0 saturated carbocycles. The number of alkyl halides is 3. The van der Waals surface area contributed by atoms with Crippen LogP contribution >= 0.6 is 0 Å². The Morgan fingerprint density at radius 2 is 1.95 bits per heavy atom. The Kier molecular flexibility index (Phi) is 3.13. The van der Waals surface area contributed by atoms with Gasteiger partial charge in [0.25, 0.3) is 0 Å². The van der Waals surface area contributed by atoms with Crippen molar-refractivity contribution in [1.29, 1.82) is 0 Å². The molecule has 0 aliphatic rings. The van der Waals surface area contributed by atoms with Crippen LogP contribution in [0.25, 0.3) is 17.0 Å². The van der Waals surface area contributed by atoms with Crippen molar-refractivity contribution in [2.75, 3.05) is 0 Å². The van der Waals surface area contributed by atoms with Crippen molar-refractivity contribution >= 4 is 5.65 Å². The zero-order chi connectivity index (χ0) is 15.0. The van der Waals surface area contributed by atoms with E-state index in [0.29, 0.717) is 17.8 Å². The zero-order valence-corrected chi connectivity index (χ0v) is 10.8. The molecular formula is C14H11F3N4. The molecule has 108 valence electrons. The molecule has 0 amide bonds. The molecule has 0 aliphatic carbocycles. The summed E-state index contributed by atoms with van der Waals surface area (Å²) in [5, 5.41) is 4.18. The van der Waals surface area contributed by atoms with Crippen LogP contribution in [0.3, 0.4) is 0 Å². The maximum absolute atomic E-state index is 12.7. The van der Waals surface area contributed by atoms with E-state index in [1.807, 2.05) is 0 Å². The summed E-state index contributed by atoms with van der Waals surface area (Å²) in [4.78, 5) is 4.24. The van der Waals surface area contributed by atoms with Crippen LogP contribution in [0.4, 0.5) is 13.2 Å². The molecule has 0 aliphatic heterocycles. The zero-order valence-electron chi connectivity index (χ0n) is 10.8. The van der Waals surface area contributed by atoms with Crippen molar-refractivity contribution in [1.82, 2.24) is 14.6 Å². The van der Waals surface area contributed by atoms with E-state index in [-0.39, 0.29) is 5.82 Å². The molecule has 2 aromatic heterocycles. The molecule has 7 heteroatoms. The molecule has 2 N–H and O–H groups in total. The van der Waals surface area contributed by atoms with Crippen LogP contribution in [-0.2, 0) is 12.7 Å². The van der Waals surface area contributed by atoms with Crippen LogP contribution in [0, 0.1) is 0 Å². The fourth-order valence-corrected chi connectivity index (χ4v) is 2.01. The second kappa shape index (κ2) is 4.85. The number of rotatable bonds is 2. The first-order chi connectivity index (χ1) is 9.97. The molecular weight excluding hydrogens is 281 g/mol.